The van der Waals surface area contributed by atoms with Gasteiger partial charge in [-0.25, -0.2) is 0 Å². The largest absolute Gasteiger partial charge is 0.355 e. The zero-order valence-electron chi connectivity index (χ0n) is 10.6. The molecule has 0 aromatic heterocycles. The lowest BCUT2D eigenvalue weighted by Gasteiger charge is -2.07. The van der Waals surface area contributed by atoms with Crippen LogP contribution in [0.25, 0.3) is 0 Å². The van der Waals surface area contributed by atoms with Crippen LogP contribution in [0.15, 0.2) is 18.2 Å². The van der Waals surface area contributed by atoms with Crippen molar-refractivity contribution in [1.29, 1.82) is 0 Å². The topological polar surface area (TPSA) is 87.3 Å². The summed E-state index contributed by atoms with van der Waals surface area (Å²) in [6.07, 6.45) is 0. The first-order valence-electron chi connectivity index (χ1n) is 5.68. The molecule has 0 unspecified atom stereocenters. The zero-order chi connectivity index (χ0) is 15.1. The molecule has 0 aliphatic heterocycles. The van der Waals surface area contributed by atoms with Gasteiger partial charge in [0.2, 0.25) is 5.91 Å². The van der Waals surface area contributed by atoms with E-state index in [9.17, 15) is 14.4 Å². The molecule has 0 fully saturated rings. The van der Waals surface area contributed by atoms with Gasteiger partial charge in [0.15, 0.2) is 0 Å². The number of carbonyl (C=O) groups is 3. The molecule has 0 radical (unpaired) electrons. The molecular weight excluding hydrogens is 305 g/mol. The Bertz CT molecular complexity index is 514. The average Bonchev–Trinajstić information content (AvgIpc) is 2.32. The van der Waals surface area contributed by atoms with E-state index in [1.54, 1.807) is 0 Å². The van der Waals surface area contributed by atoms with Gasteiger partial charge in [0.1, 0.15) is 0 Å². The number of amides is 3. The second-order valence-electron chi connectivity index (χ2n) is 3.85. The zero-order valence-corrected chi connectivity index (χ0v) is 12.1. The lowest BCUT2D eigenvalue weighted by molar-refractivity contribution is -0.136. The van der Waals surface area contributed by atoms with Crippen molar-refractivity contribution in [3.05, 3.63) is 28.2 Å². The molecule has 20 heavy (non-hydrogen) atoms. The van der Waals surface area contributed by atoms with E-state index in [4.69, 9.17) is 23.2 Å². The molecule has 3 N–H and O–H groups in total. The van der Waals surface area contributed by atoms with Crippen molar-refractivity contribution >= 4 is 46.6 Å². The third-order valence-corrected chi connectivity index (χ3v) is 2.55. The number of hydrogen-bond donors (Lipinski definition) is 3. The van der Waals surface area contributed by atoms with Crippen LogP contribution in [0, 0.1) is 0 Å². The van der Waals surface area contributed by atoms with Crippen LogP contribution >= 0.6 is 23.2 Å². The summed E-state index contributed by atoms with van der Waals surface area (Å²) in [5.74, 6) is -1.87. The molecule has 0 bridgehead atoms. The average molecular weight is 318 g/mol. The fraction of sp³-hybridized carbons (Fsp3) is 0.250. The fourth-order valence-electron chi connectivity index (χ4n) is 1.31. The molecule has 0 spiro atoms. The molecule has 0 saturated carbocycles. The minimum atomic E-state index is -0.842. The first-order valence-corrected chi connectivity index (χ1v) is 6.44. The highest BCUT2D eigenvalue weighted by molar-refractivity contribution is 6.40. The van der Waals surface area contributed by atoms with Crippen LogP contribution < -0.4 is 16.0 Å². The molecule has 1 aromatic carbocycles. The second-order valence-corrected chi connectivity index (χ2v) is 4.72. The summed E-state index contributed by atoms with van der Waals surface area (Å²) in [6.45, 7) is 1.76. The van der Waals surface area contributed by atoms with E-state index in [1.807, 2.05) is 0 Å². The van der Waals surface area contributed by atoms with E-state index >= 15 is 0 Å². The van der Waals surface area contributed by atoms with Crippen molar-refractivity contribution in [2.24, 2.45) is 0 Å². The van der Waals surface area contributed by atoms with Crippen LogP contribution in [0.1, 0.15) is 6.92 Å². The molecule has 1 rings (SSSR count). The van der Waals surface area contributed by atoms with Gasteiger partial charge in [-0.15, -0.1) is 0 Å². The summed E-state index contributed by atoms with van der Waals surface area (Å²) in [6, 6.07) is 4.44. The van der Waals surface area contributed by atoms with E-state index in [1.165, 1.54) is 25.1 Å². The van der Waals surface area contributed by atoms with E-state index in [0.29, 0.717) is 15.7 Å². The second kappa shape index (κ2) is 7.72. The third kappa shape index (κ3) is 5.90. The van der Waals surface area contributed by atoms with E-state index in [-0.39, 0.29) is 19.0 Å². The predicted octanol–water partition coefficient (Wildman–Crippen LogP) is 1.18. The summed E-state index contributed by atoms with van der Waals surface area (Å²) in [5, 5.41) is 7.90. The van der Waals surface area contributed by atoms with Crippen LogP contribution in [-0.2, 0) is 14.4 Å². The Hall–Kier alpha value is -1.79. The van der Waals surface area contributed by atoms with Crippen molar-refractivity contribution in [2.45, 2.75) is 6.92 Å². The number of hydrogen-bond acceptors (Lipinski definition) is 3. The number of halogens is 2. The third-order valence-electron chi connectivity index (χ3n) is 2.11. The molecule has 1 aromatic rings. The Morgan fingerprint density at radius 2 is 1.50 bits per heavy atom. The predicted molar refractivity (Wildman–Crippen MR) is 76.8 cm³/mol. The Balaban J connectivity index is 2.45. The lowest BCUT2D eigenvalue weighted by Crippen LogP contribution is -2.39. The minimum absolute atomic E-state index is 0.155. The summed E-state index contributed by atoms with van der Waals surface area (Å²) < 4.78 is 0. The molecule has 8 heteroatoms. The Morgan fingerprint density at radius 1 is 0.950 bits per heavy atom. The van der Waals surface area contributed by atoms with Gasteiger partial charge in [0, 0.05) is 35.7 Å². The molecule has 0 aliphatic carbocycles. The Morgan fingerprint density at radius 3 is 2.05 bits per heavy atom. The normalized spacial score (nSPS) is 9.75. The Labute approximate surface area is 125 Å². The van der Waals surface area contributed by atoms with Gasteiger partial charge in [-0.3, -0.25) is 14.4 Å². The number of nitrogens with one attached hydrogen (secondary N) is 3. The van der Waals surface area contributed by atoms with Crippen LogP contribution in [0.2, 0.25) is 10.0 Å². The van der Waals surface area contributed by atoms with Crippen LogP contribution in [0.5, 0.6) is 0 Å². The molecule has 3 amide bonds. The maximum atomic E-state index is 11.6. The molecule has 108 valence electrons. The minimum Gasteiger partial charge on any atom is -0.355 e. The summed E-state index contributed by atoms with van der Waals surface area (Å²) >= 11 is 11.5. The molecule has 0 saturated heterocycles. The number of benzene rings is 1. The number of anilines is 1. The van der Waals surface area contributed by atoms with Gasteiger partial charge in [-0.05, 0) is 18.2 Å². The highest BCUT2D eigenvalue weighted by atomic mass is 35.5. The van der Waals surface area contributed by atoms with E-state index in [2.05, 4.69) is 16.0 Å². The Kier molecular flexibility index (Phi) is 6.27. The van der Waals surface area contributed by atoms with E-state index in [0.717, 1.165) is 0 Å². The van der Waals surface area contributed by atoms with Crippen LogP contribution in [0.3, 0.4) is 0 Å². The lowest BCUT2D eigenvalue weighted by atomic mass is 10.3. The summed E-state index contributed by atoms with van der Waals surface area (Å²) in [7, 11) is 0. The molecule has 0 aliphatic rings. The van der Waals surface area contributed by atoms with Crippen LogP contribution in [0.4, 0.5) is 5.69 Å². The summed E-state index contributed by atoms with van der Waals surface area (Å²) in [5.41, 5.74) is 0.324. The van der Waals surface area contributed by atoms with Crippen molar-refractivity contribution in [3.63, 3.8) is 0 Å². The first-order chi connectivity index (χ1) is 9.38. The van der Waals surface area contributed by atoms with Gasteiger partial charge in [0.25, 0.3) is 0 Å². The van der Waals surface area contributed by atoms with Crippen molar-refractivity contribution in [1.82, 2.24) is 10.6 Å². The fourth-order valence-corrected chi connectivity index (χ4v) is 1.83. The smallest absolute Gasteiger partial charge is 0.313 e. The highest BCUT2D eigenvalue weighted by Gasteiger charge is 2.13. The van der Waals surface area contributed by atoms with Crippen molar-refractivity contribution in [3.8, 4) is 0 Å². The highest BCUT2D eigenvalue weighted by Crippen LogP contribution is 2.22. The van der Waals surface area contributed by atoms with Gasteiger partial charge in [-0.1, -0.05) is 23.2 Å². The van der Waals surface area contributed by atoms with Crippen molar-refractivity contribution in [2.75, 3.05) is 18.4 Å². The van der Waals surface area contributed by atoms with Gasteiger partial charge < -0.3 is 16.0 Å². The van der Waals surface area contributed by atoms with Crippen LogP contribution in [-0.4, -0.2) is 30.8 Å². The number of rotatable bonds is 4. The molecular formula is C12H13Cl2N3O3. The van der Waals surface area contributed by atoms with Gasteiger partial charge >= 0.3 is 11.8 Å². The van der Waals surface area contributed by atoms with E-state index < -0.39 is 11.8 Å². The van der Waals surface area contributed by atoms with Gasteiger partial charge in [-0.2, -0.15) is 0 Å². The maximum absolute atomic E-state index is 11.6. The monoisotopic (exact) mass is 317 g/mol. The first kappa shape index (κ1) is 16.3. The molecule has 6 nitrogen and oxygen atoms in total. The molecule has 0 atom stereocenters. The standard InChI is InChI=1S/C12H13Cl2N3O3/c1-7(18)15-2-3-16-11(19)12(20)17-10-5-8(13)4-9(14)6-10/h4-6H,2-3H2,1H3,(H,15,18)(H,16,19)(H,17,20). The SMILES string of the molecule is CC(=O)NCCNC(=O)C(=O)Nc1cc(Cl)cc(Cl)c1. The molecule has 0 heterocycles. The summed E-state index contributed by atoms with van der Waals surface area (Å²) in [4.78, 5) is 33.6. The number of carbonyl (C=O) groups excluding carboxylic acids is 3. The maximum Gasteiger partial charge on any atom is 0.313 e. The quantitative estimate of drug-likeness (QED) is 0.575. The van der Waals surface area contributed by atoms with Crippen molar-refractivity contribution < 1.29 is 14.4 Å². The van der Waals surface area contributed by atoms with Gasteiger partial charge in [0.05, 0.1) is 0 Å².